The molecule has 0 bridgehead atoms. The quantitative estimate of drug-likeness (QED) is 0.350. The molecule has 3 amide bonds. The third-order valence-electron chi connectivity index (χ3n) is 4.10. The third kappa shape index (κ3) is 9.87. The Hall–Kier alpha value is -3.14. The number of nitrogens with two attached hydrogens (primary N) is 1. The van der Waals surface area contributed by atoms with Crippen LogP contribution in [0.25, 0.3) is 0 Å². The van der Waals surface area contributed by atoms with Crippen LogP contribution in [-0.4, -0.2) is 54.3 Å². The number of aliphatic hydroxyl groups excluding tert-OH is 1. The fourth-order valence-electron chi connectivity index (χ4n) is 2.59. The summed E-state index contributed by atoms with van der Waals surface area (Å²) in [6.07, 6.45) is -2.42. The van der Waals surface area contributed by atoms with E-state index in [1.807, 2.05) is 18.2 Å². The summed E-state index contributed by atoms with van der Waals surface area (Å²) >= 11 is 0. The molecule has 0 saturated heterocycles. The van der Waals surface area contributed by atoms with Gasteiger partial charge in [0.05, 0.1) is 25.6 Å². The molecule has 0 saturated carbocycles. The van der Waals surface area contributed by atoms with E-state index in [2.05, 4.69) is 10.6 Å². The predicted octanol–water partition coefficient (Wildman–Crippen LogP) is 0.223. The van der Waals surface area contributed by atoms with Gasteiger partial charge in [-0.1, -0.05) is 37.3 Å². The molecule has 0 radical (unpaired) electrons. The molecule has 166 valence electrons. The van der Waals surface area contributed by atoms with Crippen molar-refractivity contribution in [3.63, 3.8) is 0 Å². The number of nitrogens with one attached hydrogen (secondary N) is 2. The van der Waals surface area contributed by atoms with Crippen molar-refractivity contribution < 1.29 is 33.8 Å². The number of rotatable bonds is 12. The number of aliphatic hydroxyl groups is 1. The monoisotopic (exact) mass is 423 g/mol. The molecule has 1 aromatic carbocycles. The Kier molecular flexibility index (Phi) is 10.9. The highest BCUT2D eigenvalue weighted by Crippen LogP contribution is 2.10. The number of benzene rings is 1. The van der Waals surface area contributed by atoms with Crippen molar-refractivity contribution >= 4 is 23.9 Å². The van der Waals surface area contributed by atoms with Crippen molar-refractivity contribution in [2.45, 2.75) is 45.4 Å². The molecule has 0 aromatic heterocycles. The van der Waals surface area contributed by atoms with Gasteiger partial charge in [0, 0.05) is 6.54 Å². The van der Waals surface area contributed by atoms with Gasteiger partial charge in [-0.2, -0.15) is 0 Å². The number of ether oxygens (including phenoxy) is 2. The SMILES string of the molecule is CCOC(=O)C[C@@H](C)[C@@H](NC(=O)C[C@@H](O)CNC(=O)OCc1ccccc1)C(N)=O. The van der Waals surface area contributed by atoms with Gasteiger partial charge in [0.1, 0.15) is 12.6 Å². The molecule has 0 aliphatic rings. The minimum atomic E-state index is -1.21. The van der Waals surface area contributed by atoms with E-state index in [1.165, 1.54) is 0 Å². The van der Waals surface area contributed by atoms with Crippen molar-refractivity contribution in [3.05, 3.63) is 35.9 Å². The summed E-state index contributed by atoms with van der Waals surface area (Å²) in [7, 11) is 0. The average molecular weight is 423 g/mol. The lowest BCUT2D eigenvalue weighted by atomic mass is 9.97. The normalized spacial score (nSPS) is 13.4. The van der Waals surface area contributed by atoms with Gasteiger partial charge in [-0.3, -0.25) is 14.4 Å². The van der Waals surface area contributed by atoms with Crippen LogP contribution in [0.15, 0.2) is 30.3 Å². The Balaban J connectivity index is 2.39. The van der Waals surface area contributed by atoms with Crippen LogP contribution in [0, 0.1) is 5.92 Å². The first-order chi connectivity index (χ1) is 14.2. The maximum absolute atomic E-state index is 12.1. The number of hydrogen-bond acceptors (Lipinski definition) is 7. The lowest BCUT2D eigenvalue weighted by Gasteiger charge is -2.22. The van der Waals surface area contributed by atoms with Gasteiger partial charge in [-0.25, -0.2) is 4.79 Å². The second-order valence-electron chi connectivity index (χ2n) is 6.73. The Bertz CT molecular complexity index is 712. The molecule has 5 N–H and O–H groups in total. The summed E-state index contributed by atoms with van der Waals surface area (Å²) in [5.74, 6) is -2.56. The van der Waals surface area contributed by atoms with E-state index in [4.69, 9.17) is 15.2 Å². The van der Waals surface area contributed by atoms with Crippen LogP contribution >= 0.6 is 0 Å². The predicted molar refractivity (Wildman–Crippen MR) is 107 cm³/mol. The van der Waals surface area contributed by atoms with Gasteiger partial charge in [0.2, 0.25) is 11.8 Å². The second-order valence-corrected chi connectivity index (χ2v) is 6.73. The van der Waals surface area contributed by atoms with Crippen molar-refractivity contribution in [1.29, 1.82) is 0 Å². The highest BCUT2D eigenvalue weighted by atomic mass is 16.5. The number of primary amides is 1. The lowest BCUT2D eigenvalue weighted by molar-refractivity contribution is -0.145. The van der Waals surface area contributed by atoms with Crippen LogP contribution in [0.4, 0.5) is 4.79 Å². The summed E-state index contributed by atoms with van der Waals surface area (Å²) in [5, 5.41) is 14.7. The number of amides is 3. The molecule has 10 heteroatoms. The van der Waals surface area contributed by atoms with Crippen LogP contribution in [-0.2, 0) is 30.5 Å². The van der Waals surface area contributed by atoms with Gasteiger partial charge in [0.15, 0.2) is 0 Å². The van der Waals surface area contributed by atoms with Crippen LogP contribution in [0.5, 0.6) is 0 Å². The average Bonchev–Trinajstić information content (AvgIpc) is 2.69. The largest absolute Gasteiger partial charge is 0.466 e. The highest BCUT2D eigenvalue weighted by molar-refractivity contribution is 5.87. The zero-order valence-electron chi connectivity index (χ0n) is 17.1. The molecule has 0 spiro atoms. The van der Waals surface area contributed by atoms with Crippen molar-refractivity contribution in [2.24, 2.45) is 11.7 Å². The summed E-state index contributed by atoms with van der Waals surface area (Å²) < 4.78 is 9.82. The molecule has 0 fully saturated rings. The molecule has 0 unspecified atom stereocenters. The fraction of sp³-hybridized carbons (Fsp3) is 0.500. The standard InChI is InChI=1S/C20H29N3O7/c1-3-29-17(26)9-13(2)18(19(21)27)23-16(25)10-15(24)11-22-20(28)30-12-14-7-5-4-6-8-14/h4-8,13,15,18,24H,3,9-12H2,1-2H3,(H2,21,27)(H,22,28)(H,23,25)/t13-,15-,18-/m1/s1. The van der Waals surface area contributed by atoms with Crippen LogP contribution in [0.2, 0.25) is 0 Å². The van der Waals surface area contributed by atoms with Crippen LogP contribution < -0.4 is 16.4 Å². The molecule has 0 aliphatic carbocycles. The number of carbonyl (C=O) groups excluding carboxylic acids is 4. The first kappa shape index (κ1) is 24.9. The van der Waals surface area contributed by atoms with E-state index in [-0.39, 0.29) is 32.6 Å². The maximum Gasteiger partial charge on any atom is 0.407 e. The van der Waals surface area contributed by atoms with Crippen molar-refractivity contribution in [1.82, 2.24) is 10.6 Å². The minimum absolute atomic E-state index is 0.0713. The van der Waals surface area contributed by atoms with Gasteiger partial charge in [0.25, 0.3) is 0 Å². The number of carbonyl (C=O) groups is 4. The van der Waals surface area contributed by atoms with Gasteiger partial charge in [-0.05, 0) is 18.4 Å². The summed E-state index contributed by atoms with van der Waals surface area (Å²) in [4.78, 5) is 47.0. The molecule has 1 aromatic rings. The highest BCUT2D eigenvalue weighted by Gasteiger charge is 2.27. The van der Waals surface area contributed by atoms with Crippen LogP contribution in [0.3, 0.4) is 0 Å². The van der Waals surface area contributed by atoms with E-state index >= 15 is 0 Å². The molecular formula is C20H29N3O7. The topological polar surface area (TPSA) is 157 Å². The van der Waals surface area contributed by atoms with E-state index < -0.39 is 41.9 Å². The molecule has 10 nitrogen and oxygen atoms in total. The molecular weight excluding hydrogens is 394 g/mol. The Morgan fingerprint density at radius 3 is 2.37 bits per heavy atom. The first-order valence-electron chi connectivity index (χ1n) is 9.59. The molecule has 1 rings (SSSR count). The Morgan fingerprint density at radius 1 is 1.10 bits per heavy atom. The van der Waals surface area contributed by atoms with E-state index in [0.717, 1.165) is 5.56 Å². The van der Waals surface area contributed by atoms with Gasteiger partial charge < -0.3 is 30.9 Å². The zero-order valence-corrected chi connectivity index (χ0v) is 17.1. The maximum atomic E-state index is 12.1. The number of esters is 1. The second kappa shape index (κ2) is 13.2. The van der Waals surface area contributed by atoms with Gasteiger partial charge in [-0.15, -0.1) is 0 Å². The van der Waals surface area contributed by atoms with E-state index in [0.29, 0.717) is 0 Å². The lowest BCUT2D eigenvalue weighted by Crippen LogP contribution is -2.50. The Labute approximate surface area is 175 Å². The van der Waals surface area contributed by atoms with Gasteiger partial charge >= 0.3 is 12.1 Å². The molecule has 30 heavy (non-hydrogen) atoms. The molecule has 0 heterocycles. The van der Waals surface area contributed by atoms with Crippen LogP contribution in [0.1, 0.15) is 32.3 Å². The first-order valence-corrected chi connectivity index (χ1v) is 9.59. The van der Waals surface area contributed by atoms with Crippen molar-refractivity contribution in [3.8, 4) is 0 Å². The molecule has 3 atom stereocenters. The minimum Gasteiger partial charge on any atom is -0.466 e. The molecule has 0 aliphatic heterocycles. The van der Waals surface area contributed by atoms with E-state index in [9.17, 15) is 24.3 Å². The third-order valence-corrected chi connectivity index (χ3v) is 4.10. The van der Waals surface area contributed by atoms with Crippen molar-refractivity contribution in [2.75, 3.05) is 13.2 Å². The fourth-order valence-corrected chi connectivity index (χ4v) is 2.59. The number of hydrogen-bond donors (Lipinski definition) is 4. The zero-order chi connectivity index (χ0) is 22.5. The summed E-state index contributed by atoms with van der Waals surface area (Å²) in [6.45, 7) is 3.28. The smallest absolute Gasteiger partial charge is 0.407 e. The number of alkyl carbamates (subject to hydrolysis) is 1. The Morgan fingerprint density at radius 2 is 1.77 bits per heavy atom. The summed E-state index contributed by atoms with van der Waals surface area (Å²) in [5.41, 5.74) is 6.11. The summed E-state index contributed by atoms with van der Waals surface area (Å²) in [6, 6.07) is 7.95. The van der Waals surface area contributed by atoms with E-state index in [1.54, 1.807) is 26.0 Å².